The molecule has 0 unspecified atom stereocenters. The topological polar surface area (TPSA) is 84.2 Å². The molecule has 100 valence electrons. The van der Waals surface area contributed by atoms with Gasteiger partial charge in [0.1, 0.15) is 0 Å². The van der Waals surface area contributed by atoms with Gasteiger partial charge in [-0.2, -0.15) is 5.10 Å². The van der Waals surface area contributed by atoms with Gasteiger partial charge in [0.25, 0.3) is 0 Å². The summed E-state index contributed by atoms with van der Waals surface area (Å²) >= 11 is 0. The number of carbonyl (C=O) groups excluding carboxylic acids is 1. The molecule has 0 bridgehead atoms. The number of carbonyl (C=O) groups is 2. The number of nitrogens with zero attached hydrogens (tertiary/aromatic N) is 2. The third-order valence-electron chi connectivity index (χ3n) is 2.92. The van der Waals surface area contributed by atoms with Crippen LogP contribution in [0.2, 0.25) is 0 Å². The predicted octanol–water partition coefficient (Wildman–Crippen LogP) is 0.908. The maximum Gasteiger partial charge on any atom is 0.303 e. The van der Waals surface area contributed by atoms with E-state index in [1.54, 1.807) is 4.68 Å². The Bertz CT molecular complexity index is 452. The molecular weight excluding hydrogens is 234 g/mol. The molecule has 0 aliphatic rings. The Morgan fingerprint density at radius 1 is 1.33 bits per heavy atom. The Morgan fingerprint density at radius 2 is 2.00 bits per heavy atom. The van der Waals surface area contributed by atoms with Gasteiger partial charge in [0.2, 0.25) is 5.91 Å². The maximum atomic E-state index is 11.5. The van der Waals surface area contributed by atoms with Crippen LogP contribution in [0.15, 0.2) is 0 Å². The predicted molar refractivity (Wildman–Crippen MR) is 66.0 cm³/mol. The molecule has 0 aliphatic carbocycles. The van der Waals surface area contributed by atoms with E-state index in [4.69, 9.17) is 5.11 Å². The zero-order valence-corrected chi connectivity index (χ0v) is 11.0. The summed E-state index contributed by atoms with van der Waals surface area (Å²) in [5.74, 6) is -0.999. The Balaban J connectivity index is 2.40. The van der Waals surface area contributed by atoms with E-state index in [-0.39, 0.29) is 18.7 Å². The van der Waals surface area contributed by atoms with Crippen LogP contribution in [0.1, 0.15) is 36.2 Å². The summed E-state index contributed by atoms with van der Waals surface area (Å²) in [6, 6.07) is 0. The second-order valence-corrected chi connectivity index (χ2v) is 4.30. The van der Waals surface area contributed by atoms with Crippen molar-refractivity contribution in [3.05, 3.63) is 17.0 Å². The van der Waals surface area contributed by atoms with Gasteiger partial charge in [0, 0.05) is 37.7 Å². The minimum absolute atomic E-state index is 0.0262. The highest BCUT2D eigenvalue weighted by Crippen LogP contribution is 2.11. The van der Waals surface area contributed by atoms with Crippen LogP contribution in [0.4, 0.5) is 0 Å². The van der Waals surface area contributed by atoms with Crippen LogP contribution < -0.4 is 5.32 Å². The lowest BCUT2D eigenvalue weighted by Crippen LogP contribution is -2.23. The zero-order valence-electron chi connectivity index (χ0n) is 11.0. The lowest BCUT2D eigenvalue weighted by molar-refractivity contribution is -0.137. The fraction of sp³-hybridized carbons (Fsp3) is 0.583. The van der Waals surface area contributed by atoms with Crippen molar-refractivity contribution in [3.63, 3.8) is 0 Å². The average Bonchev–Trinajstić information content (AvgIpc) is 2.50. The fourth-order valence-electron chi connectivity index (χ4n) is 1.75. The van der Waals surface area contributed by atoms with E-state index in [1.165, 1.54) is 0 Å². The number of carboxylic acid groups (broad SMARTS) is 1. The van der Waals surface area contributed by atoms with E-state index >= 15 is 0 Å². The molecule has 1 aromatic heterocycles. The van der Waals surface area contributed by atoms with Crippen molar-refractivity contribution in [2.75, 3.05) is 0 Å². The highest BCUT2D eigenvalue weighted by atomic mass is 16.4. The molecule has 0 saturated heterocycles. The van der Waals surface area contributed by atoms with Gasteiger partial charge < -0.3 is 10.4 Å². The lowest BCUT2D eigenvalue weighted by Gasteiger charge is -2.05. The largest absolute Gasteiger partial charge is 0.481 e. The summed E-state index contributed by atoms with van der Waals surface area (Å²) in [5, 5.41) is 15.5. The van der Waals surface area contributed by atoms with Crippen molar-refractivity contribution in [2.45, 2.75) is 39.7 Å². The summed E-state index contributed by atoms with van der Waals surface area (Å²) in [4.78, 5) is 21.8. The maximum absolute atomic E-state index is 11.5. The van der Waals surface area contributed by atoms with Crippen LogP contribution >= 0.6 is 0 Å². The number of carboxylic acids is 1. The van der Waals surface area contributed by atoms with Crippen molar-refractivity contribution in [1.82, 2.24) is 15.1 Å². The first kappa shape index (κ1) is 14.2. The Morgan fingerprint density at radius 3 is 2.50 bits per heavy atom. The molecule has 6 heteroatoms. The summed E-state index contributed by atoms with van der Waals surface area (Å²) in [5.41, 5.74) is 2.95. The summed E-state index contributed by atoms with van der Waals surface area (Å²) in [7, 11) is 1.86. The average molecular weight is 253 g/mol. The van der Waals surface area contributed by atoms with Crippen LogP contribution in [-0.4, -0.2) is 26.8 Å². The van der Waals surface area contributed by atoms with Gasteiger partial charge in [-0.25, -0.2) is 0 Å². The normalized spacial score (nSPS) is 10.4. The number of nitrogens with one attached hydrogen (secondary N) is 1. The van der Waals surface area contributed by atoms with E-state index in [0.29, 0.717) is 13.0 Å². The van der Waals surface area contributed by atoms with Gasteiger partial charge in [-0.15, -0.1) is 0 Å². The van der Waals surface area contributed by atoms with Crippen LogP contribution in [-0.2, 0) is 23.2 Å². The molecule has 1 rings (SSSR count). The van der Waals surface area contributed by atoms with Gasteiger partial charge in [0.15, 0.2) is 0 Å². The van der Waals surface area contributed by atoms with Gasteiger partial charge in [-0.1, -0.05) is 0 Å². The first-order valence-electron chi connectivity index (χ1n) is 5.89. The molecule has 1 amide bonds. The third-order valence-corrected chi connectivity index (χ3v) is 2.92. The van der Waals surface area contributed by atoms with Gasteiger partial charge in [-0.3, -0.25) is 14.3 Å². The number of aromatic nitrogens is 2. The number of aryl methyl sites for hydroxylation is 2. The van der Waals surface area contributed by atoms with Crippen molar-refractivity contribution in [1.29, 1.82) is 0 Å². The number of hydrogen-bond acceptors (Lipinski definition) is 3. The van der Waals surface area contributed by atoms with Crippen molar-refractivity contribution in [3.8, 4) is 0 Å². The van der Waals surface area contributed by atoms with Crippen molar-refractivity contribution < 1.29 is 14.7 Å². The molecule has 1 aromatic rings. The van der Waals surface area contributed by atoms with E-state index in [2.05, 4.69) is 10.4 Å². The SMILES string of the molecule is Cc1nn(C)c(C)c1CNC(=O)CCCC(=O)O. The fourth-order valence-corrected chi connectivity index (χ4v) is 1.75. The Labute approximate surface area is 106 Å². The second-order valence-electron chi connectivity index (χ2n) is 4.30. The number of hydrogen-bond donors (Lipinski definition) is 2. The lowest BCUT2D eigenvalue weighted by atomic mass is 10.2. The van der Waals surface area contributed by atoms with Crippen LogP contribution in [0.5, 0.6) is 0 Å². The first-order chi connectivity index (χ1) is 8.41. The molecule has 0 aromatic carbocycles. The number of rotatable bonds is 6. The van der Waals surface area contributed by atoms with Gasteiger partial charge in [-0.05, 0) is 20.3 Å². The molecule has 0 fully saturated rings. The molecule has 0 saturated carbocycles. The van der Waals surface area contributed by atoms with Crippen molar-refractivity contribution >= 4 is 11.9 Å². The molecule has 0 atom stereocenters. The Kier molecular flexibility index (Phi) is 4.88. The zero-order chi connectivity index (χ0) is 13.7. The van der Waals surface area contributed by atoms with E-state index in [0.717, 1.165) is 17.0 Å². The first-order valence-corrected chi connectivity index (χ1v) is 5.89. The van der Waals surface area contributed by atoms with Crippen molar-refractivity contribution in [2.24, 2.45) is 7.05 Å². The monoisotopic (exact) mass is 253 g/mol. The van der Waals surface area contributed by atoms with E-state index < -0.39 is 5.97 Å². The summed E-state index contributed by atoms with van der Waals surface area (Å²) < 4.78 is 1.78. The standard InChI is InChI=1S/C12H19N3O3/c1-8-10(9(2)15(3)14-8)7-13-11(16)5-4-6-12(17)18/h4-7H2,1-3H3,(H,13,16)(H,17,18). The molecule has 0 spiro atoms. The highest BCUT2D eigenvalue weighted by Gasteiger charge is 2.10. The molecular formula is C12H19N3O3. The Hall–Kier alpha value is -1.85. The number of aliphatic carboxylic acids is 1. The molecule has 1 heterocycles. The van der Waals surface area contributed by atoms with Gasteiger partial charge in [0.05, 0.1) is 5.69 Å². The van der Waals surface area contributed by atoms with Crippen LogP contribution in [0.3, 0.4) is 0 Å². The minimum atomic E-state index is -0.873. The third kappa shape index (κ3) is 3.87. The molecule has 0 aliphatic heterocycles. The molecule has 6 nitrogen and oxygen atoms in total. The van der Waals surface area contributed by atoms with E-state index in [1.807, 2.05) is 20.9 Å². The summed E-state index contributed by atoms with van der Waals surface area (Å²) in [6.45, 7) is 4.29. The van der Waals surface area contributed by atoms with Gasteiger partial charge >= 0.3 is 5.97 Å². The van der Waals surface area contributed by atoms with Crippen LogP contribution in [0.25, 0.3) is 0 Å². The quantitative estimate of drug-likeness (QED) is 0.789. The molecule has 18 heavy (non-hydrogen) atoms. The summed E-state index contributed by atoms with van der Waals surface area (Å²) in [6.07, 6.45) is 0.634. The molecule has 2 N–H and O–H groups in total. The van der Waals surface area contributed by atoms with E-state index in [9.17, 15) is 9.59 Å². The highest BCUT2D eigenvalue weighted by molar-refractivity contribution is 5.76. The van der Waals surface area contributed by atoms with Crippen LogP contribution in [0, 0.1) is 13.8 Å². The second kappa shape index (κ2) is 6.18. The number of amides is 1. The minimum Gasteiger partial charge on any atom is -0.481 e. The smallest absolute Gasteiger partial charge is 0.303 e. The molecule has 0 radical (unpaired) electrons.